The molecule has 142 valence electrons. The van der Waals surface area contributed by atoms with Crippen molar-refractivity contribution in [2.24, 2.45) is 0 Å². The molecule has 3 amide bonds. The molecular weight excluding hydrogens is 364 g/mol. The van der Waals surface area contributed by atoms with Gasteiger partial charge < -0.3 is 10.1 Å². The third-order valence-corrected chi connectivity index (χ3v) is 5.81. The van der Waals surface area contributed by atoms with Crippen LogP contribution in [0.1, 0.15) is 44.8 Å². The molecule has 1 aliphatic carbocycles. The number of aryl methyl sites for hydroxylation is 2. The highest BCUT2D eigenvalue weighted by molar-refractivity contribution is 7.10. The van der Waals surface area contributed by atoms with Crippen LogP contribution in [0.15, 0.2) is 23.6 Å². The number of ether oxygens (including phenoxy) is 1. The number of anilines is 1. The third-order valence-electron chi connectivity index (χ3n) is 4.72. The molecule has 2 aromatic rings. The number of benzene rings is 1. The van der Waals surface area contributed by atoms with E-state index >= 15 is 0 Å². The molecule has 0 saturated carbocycles. The number of imide groups is 1. The Hall–Kier alpha value is -2.67. The zero-order valence-electron chi connectivity index (χ0n) is 15.4. The van der Waals surface area contributed by atoms with Gasteiger partial charge in [0.15, 0.2) is 6.61 Å². The van der Waals surface area contributed by atoms with Crippen molar-refractivity contribution >= 4 is 34.9 Å². The summed E-state index contributed by atoms with van der Waals surface area (Å²) in [7, 11) is 0. The van der Waals surface area contributed by atoms with E-state index < -0.39 is 24.5 Å². The van der Waals surface area contributed by atoms with E-state index in [9.17, 15) is 14.4 Å². The summed E-state index contributed by atoms with van der Waals surface area (Å²) in [5.74, 6) is -1.19. The molecule has 7 heteroatoms. The SMILES string of the molecule is Cc1cccc(NC(=O)NC(=O)COC(=O)c2csc3c2CCCC3)c1C. The minimum atomic E-state index is -0.671. The molecule has 0 aliphatic heterocycles. The number of thiophene rings is 1. The Balaban J connectivity index is 1.50. The molecule has 0 atom stereocenters. The number of carbonyl (C=O) groups is 3. The molecule has 0 radical (unpaired) electrons. The topological polar surface area (TPSA) is 84.5 Å². The molecule has 0 bridgehead atoms. The van der Waals surface area contributed by atoms with Gasteiger partial charge in [0.25, 0.3) is 5.91 Å². The summed E-state index contributed by atoms with van der Waals surface area (Å²) < 4.78 is 5.08. The second-order valence-corrected chi connectivity index (χ2v) is 7.55. The molecular formula is C20H22N2O4S. The zero-order valence-corrected chi connectivity index (χ0v) is 16.2. The van der Waals surface area contributed by atoms with E-state index in [0.717, 1.165) is 42.4 Å². The lowest BCUT2D eigenvalue weighted by Crippen LogP contribution is -2.37. The molecule has 0 unspecified atom stereocenters. The first-order chi connectivity index (χ1) is 13.0. The van der Waals surface area contributed by atoms with Crippen molar-refractivity contribution < 1.29 is 19.1 Å². The number of hydrogen-bond acceptors (Lipinski definition) is 5. The average molecular weight is 386 g/mol. The first-order valence-electron chi connectivity index (χ1n) is 8.89. The first kappa shape index (κ1) is 19.1. The van der Waals surface area contributed by atoms with Crippen molar-refractivity contribution in [3.8, 4) is 0 Å². The van der Waals surface area contributed by atoms with E-state index in [-0.39, 0.29) is 0 Å². The van der Waals surface area contributed by atoms with E-state index in [1.54, 1.807) is 22.8 Å². The number of nitrogens with one attached hydrogen (secondary N) is 2. The summed E-state index contributed by atoms with van der Waals surface area (Å²) in [5.41, 5.74) is 4.18. The zero-order chi connectivity index (χ0) is 19.4. The standard InChI is InChI=1S/C20H22N2O4S/c1-12-6-5-8-16(13(12)2)21-20(25)22-18(23)10-26-19(24)15-11-27-17-9-4-3-7-14(15)17/h5-6,8,11H,3-4,7,9-10H2,1-2H3,(H2,21,22,23,25). The number of hydrogen-bond donors (Lipinski definition) is 2. The Morgan fingerprint density at radius 1 is 1.15 bits per heavy atom. The lowest BCUT2D eigenvalue weighted by atomic mass is 9.96. The van der Waals surface area contributed by atoms with Gasteiger partial charge in [0.05, 0.1) is 5.56 Å². The molecule has 2 N–H and O–H groups in total. The van der Waals surface area contributed by atoms with Crippen LogP contribution >= 0.6 is 11.3 Å². The fraction of sp³-hybridized carbons (Fsp3) is 0.350. The highest BCUT2D eigenvalue weighted by Crippen LogP contribution is 2.30. The number of rotatable bonds is 4. The van der Waals surface area contributed by atoms with Crippen LogP contribution < -0.4 is 10.6 Å². The monoisotopic (exact) mass is 386 g/mol. The van der Waals surface area contributed by atoms with Gasteiger partial charge in [0.2, 0.25) is 0 Å². The molecule has 1 aliphatic rings. The van der Waals surface area contributed by atoms with Gasteiger partial charge in [-0.3, -0.25) is 10.1 Å². The maximum atomic E-state index is 12.2. The largest absolute Gasteiger partial charge is 0.452 e. The Morgan fingerprint density at radius 3 is 2.74 bits per heavy atom. The van der Waals surface area contributed by atoms with Gasteiger partial charge in [-0.1, -0.05) is 12.1 Å². The van der Waals surface area contributed by atoms with Gasteiger partial charge >= 0.3 is 12.0 Å². The molecule has 0 saturated heterocycles. The Labute approximate surface area is 161 Å². The number of esters is 1. The third kappa shape index (κ3) is 4.54. The number of amides is 3. The Kier molecular flexibility index (Phi) is 5.91. The number of fused-ring (bicyclic) bond motifs is 1. The highest BCUT2D eigenvalue weighted by Gasteiger charge is 2.22. The molecule has 27 heavy (non-hydrogen) atoms. The summed E-state index contributed by atoms with van der Waals surface area (Å²) >= 11 is 1.56. The minimum Gasteiger partial charge on any atom is -0.452 e. The van der Waals surface area contributed by atoms with Crippen LogP contribution in [0, 0.1) is 13.8 Å². The summed E-state index contributed by atoms with van der Waals surface area (Å²) in [4.78, 5) is 37.4. The number of urea groups is 1. The van der Waals surface area contributed by atoms with Crippen LogP contribution in [0.5, 0.6) is 0 Å². The van der Waals surface area contributed by atoms with Gasteiger partial charge in [-0.2, -0.15) is 0 Å². The molecule has 1 aromatic carbocycles. The fourth-order valence-electron chi connectivity index (χ4n) is 3.08. The predicted octanol–water partition coefficient (Wildman–Crippen LogP) is 3.75. The molecule has 3 rings (SSSR count). The molecule has 1 aromatic heterocycles. The van der Waals surface area contributed by atoms with Crippen LogP contribution in [-0.4, -0.2) is 24.5 Å². The molecule has 0 spiro atoms. The smallest absolute Gasteiger partial charge is 0.339 e. The van der Waals surface area contributed by atoms with Crippen LogP contribution in [0.3, 0.4) is 0 Å². The fourth-order valence-corrected chi connectivity index (χ4v) is 4.19. The van der Waals surface area contributed by atoms with Gasteiger partial charge in [-0.25, -0.2) is 9.59 Å². The summed E-state index contributed by atoms with van der Waals surface area (Å²) in [6.07, 6.45) is 4.06. The second-order valence-electron chi connectivity index (χ2n) is 6.58. The van der Waals surface area contributed by atoms with Crippen molar-refractivity contribution in [2.75, 3.05) is 11.9 Å². The maximum Gasteiger partial charge on any atom is 0.339 e. The van der Waals surface area contributed by atoms with Crippen LogP contribution in [0.2, 0.25) is 0 Å². The maximum absolute atomic E-state index is 12.2. The van der Waals surface area contributed by atoms with Crippen molar-refractivity contribution in [1.82, 2.24) is 5.32 Å². The average Bonchev–Trinajstić information content (AvgIpc) is 3.08. The van der Waals surface area contributed by atoms with Gasteiger partial charge in [-0.15, -0.1) is 11.3 Å². The molecule has 1 heterocycles. The number of carbonyl (C=O) groups excluding carboxylic acids is 3. The van der Waals surface area contributed by atoms with Gasteiger partial charge in [0.1, 0.15) is 0 Å². The second kappa shape index (κ2) is 8.35. The Bertz CT molecular complexity index is 888. The highest BCUT2D eigenvalue weighted by atomic mass is 32.1. The predicted molar refractivity (Wildman–Crippen MR) is 104 cm³/mol. The van der Waals surface area contributed by atoms with E-state index in [1.165, 1.54) is 4.88 Å². The summed E-state index contributed by atoms with van der Waals surface area (Å²) in [6, 6.07) is 4.86. The lowest BCUT2D eigenvalue weighted by molar-refractivity contribution is -0.123. The van der Waals surface area contributed by atoms with E-state index in [4.69, 9.17) is 4.74 Å². The van der Waals surface area contributed by atoms with E-state index in [2.05, 4.69) is 10.6 Å². The van der Waals surface area contributed by atoms with Crippen molar-refractivity contribution in [2.45, 2.75) is 39.5 Å². The van der Waals surface area contributed by atoms with Crippen molar-refractivity contribution in [3.63, 3.8) is 0 Å². The van der Waals surface area contributed by atoms with Crippen molar-refractivity contribution in [1.29, 1.82) is 0 Å². The van der Waals surface area contributed by atoms with Crippen LogP contribution in [-0.2, 0) is 22.4 Å². The minimum absolute atomic E-state index is 0.496. The van der Waals surface area contributed by atoms with Gasteiger partial charge in [-0.05, 0) is 62.3 Å². The first-order valence-corrected chi connectivity index (χ1v) is 9.77. The molecule has 6 nitrogen and oxygen atoms in total. The quantitative estimate of drug-likeness (QED) is 0.784. The van der Waals surface area contributed by atoms with E-state index in [0.29, 0.717) is 11.3 Å². The normalized spacial score (nSPS) is 12.8. The van der Waals surface area contributed by atoms with Crippen molar-refractivity contribution in [3.05, 3.63) is 50.7 Å². The summed E-state index contributed by atoms with van der Waals surface area (Å²) in [5, 5.41) is 6.60. The van der Waals surface area contributed by atoms with E-state index in [1.807, 2.05) is 26.0 Å². The Morgan fingerprint density at radius 2 is 1.93 bits per heavy atom. The lowest BCUT2D eigenvalue weighted by Gasteiger charge is -2.12. The molecule has 0 fully saturated rings. The van der Waals surface area contributed by atoms with Crippen LogP contribution in [0.25, 0.3) is 0 Å². The van der Waals surface area contributed by atoms with Crippen LogP contribution in [0.4, 0.5) is 10.5 Å². The van der Waals surface area contributed by atoms with Gasteiger partial charge in [0, 0.05) is 15.9 Å². The summed E-state index contributed by atoms with van der Waals surface area (Å²) in [6.45, 7) is 3.33.